The molecule has 1 aliphatic heterocycles. The van der Waals surface area contributed by atoms with E-state index in [-0.39, 0.29) is 12.1 Å². The summed E-state index contributed by atoms with van der Waals surface area (Å²) >= 11 is 0. The maximum atomic E-state index is 12.8. The molecular formula is C27H30N2O2. The van der Waals surface area contributed by atoms with Gasteiger partial charge in [0.15, 0.2) is 0 Å². The van der Waals surface area contributed by atoms with E-state index in [0.29, 0.717) is 19.0 Å². The Hall–Kier alpha value is -3.27. The zero-order chi connectivity index (χ0) is 22.0. The minimum atomic E-state index is -0.0239. The number of urea groups is 1. The molecule has 4 rings (SSSR count). The van der Waals surface area contributed by atoms with E-state index >= 15 is 0 Å². The highest BCUT2D eigenvalue weighted by Gasteiger charge is 2.30. The van der Waals surface area contributed by atoms with Crippen LogP contribution in [-0.2, 0) is 6.54 Å². The van der Waals surface area contributed by atoms with Gasteiger partial charge in [0, 0.05) is 18.7 Å². The SMILES string of the molecule is COc1ccc(C(C)C)cc1-c1ccc(C)cc1CN1C[C@@H](c2ccccc2)NC1=O. The fourth-order valence-electron chi connectivity index (χ4n) is 4.22. The molecule has 1 saturated heterocycles. The number of benzene rings is 3. The van der Waals surface area contributed by atoms with E-state index in [1.807, 2.05) is 29.2 Å². The zero-order valence-electron chi connectivity index (χ0n) is 18.7. The largest absolute Gasteiger partial charge is 0.496 e. The number of carbonyl (C=O) groups excluding carboxylic acids is 1. The van der Waals surface area contributed by atoms with Crippen molar-refractivity contribution >= 4 is 6.03 Å². The lowest BCUT2D eigenvalue weighted by Gasteiger charge is -2.20. The van der Waals surface area contributed by atoms with Crippen LogP contribution in [0.3, 0.4) is 0 Å². The molecular weight excluding hydrogens is 384 g/mol. The number of hydrogen-bond acceptors (Lipinski definition) is 2. The second-order valence-corrected chi connectivity index (χ2v) is 8.57. The molecule has 4 heteroatoms. The van der Waals surface area contributed by atoms with Crippen molar-refractivity contribution in [2.24, 2.45) is 0 Å². The predicted octanol–water partition coefficient (Wildman–Crippen LogP) is 6.06. The molecule has 1 atom stereocenters. The molecule has 31 heavy (non-hydrogen) atoms. The van der Waals surface area contributed by atoms with Gasteiger partial charge >= 0.3 is 6.03 Å². The van der Waals surface area contributed by atoms with Crippen molar-refractivity contribution in [3.63, 3.8) is 0 Å². The summed E-state index contributed by atoms with van der Waals surface area (Å²) in [6.07, 6.45) is 0. The third-order valence-electron chi connectivity index (χ3n) is 5.99. The van der Waals surface area contributed by atoms with Crippen molar-refractivity contribution in [1.82, 2.24) is 10.2 Å². The molecule has 1 aliphatic rings. The van der Waals surface area contributed by atoms with Crippen molar-refractivity contribution < 1.29 is 9.53 Å². The standard InChI is InChI=1S/C27H30N2O2/c1-18(2)21-11-13-26(31-4)24(15-21)23-12-10-19(3)14-22(23)16-29-17-25(28-27(29)30)20-8-6-5-7-9-20/h5-15,18,25H,16-17H2,1-4H3,(H,28,30)/t25-/m0/s1. The van der Waals surface area contributed by atoms with Gasteiger partial charge < -0.3 is 15.0 Å². The average Bonchev–Trinajstić information content (AvgIpc) is 3.14. The van der Waals surface area contributed by atoms with Gasteiger partial charge in [-0.1, -0.05) is 74.0 Å². The van der Waals surface area contributed by atoms with Crippen LogP contribution < -0.4 is 10.1 Å². The van der Waals surface area contributed by atoms with E-state index < -0.39 is 0 Å². The fourth-order valence-corrected chi connectivity index (χ4v) is 4.22. The molecule has 0 radical (unpaired) electrons. The van der Waals surface area contributed by atoms with Crippen LogP contribution in [0.1, 0.15) is 48.1 Å². The Balaban J connectivity index is 1.67. The van der Waals surface area contributed by atoms with Crippen LogP contribution in [0.4, 0.5) is 4.79 Å². The molecule has 3 aromatic carbocycles. The highest BCUT2D eigenvalue weighted by Crippen LogP contribution is 2.36. The second kappa shape index (κ2) is 8.84. The summed E-state index contributed by atoms with van der Waals surface area (Å²) in [6, 6.07) is 23.0. The lowest BCUT2D eigenvalue weighted by molar-refractivity contribution is 0.215. The van der Waals surface area contributed by atoms with E-state index in [1.54, 1.807) is 7.11 Å². The zero-order valence-corrected chi connectivity index (χ0v) is 18.7. The highest BCUT2D eigenvalue weighted by atomic mass is 16.5. The molecule has 0 unspecified atom stereocenters. The van der Waals surface area contributed by atoms with Gasteiger partial charge in [0.1, 0.15) is 5.75 Å². The Bertz CT molecular complexity index is 1080. The van der Waals surface area contributed by atoms with Gasteiger partial charge in [0.25, 0.3) is 0 Å². The van der Waals surface area contributed by atoms with Crippen LogP contribution in [0, 0.1) is 6.92 Å². The number of nitrogens with one attached hydrogen (secondary N) is 1. The average molecular weight is 415 g/mol. The van der Waals surface area contributed by atoms with Gasteiger partial charge in [0.2, 0.25) is 0 Å². The first-order chi connectivity index (χ1) is 15.0. The van der Waals surface area contributed by atoms with Crippen LogP contribution in [-0.4, -0.2) is 24.6 Å². The molecule has 3 aromatic rings. The predicted molar refractivity (Wildman–Crippen MR) is 125 cm³/mol. The quantitative estimate of drug-likeness (QED) is 0.533. The fraction of sp³-hybridized carbons (Fsp3) is 0.296. The van der Waals surface area contributed by atoms with Gasteiger partial charge in [-0.05, 0) is 47.2 Å². The maximum Gasteiger partial charge on any atom is 0.318 e. The summed E-state index contributed by atoms with van der Waals surface area (Å²) < 4.78 is 5.69. The lowest BCUT2D eigenvalue weighted by Crippen LogP contribution is -2.27. The Morgan fingerprint density at radius 2 is 1.81 bits per heavy atom. The van der Waals surface area contributed by atoms with Gasteiger partial charge in [-0.3, -0.25) is 0 Å². The number of hydrogen-bond donors (Lipinski definition) is 1. The molecule has 0 bridgehead atoms. The number of rotatable bonds is 6. The maximum absolute atomic E-state index is 12.8. The molecule has 4 nitrogen and oxygen atoms in total. The summed E-state index contributed by atoms with van der Waals surface area (Å²) in [6.45, 7) is 7.69. The Morgan fingerprint density at radius 1 is 1.03 bits per heavy atom. The number of aryl methyl sites for hydroxylation is 1. The Morgan fingerprint density at radius 3 is 2.52 bits per heavy atom. The number of ether oxygens (including phenoxy) is 1. The van der Waals surface area contributed by atoms with Crippen LogP contribution in [0.15, 0.2) is 66.7 Å². The minimum absolute atomic E-state index is 0.0146. The summed E-state index contributed by atoms with van der Waals surface area (Å²) in [5.74, 6) is 1.28. The van der Waals surface area contributed by atoms with E-state index in [2.05, 4.69) is 68.6 Å². The topological polar surface area (TPSA) is 41.6 Å². The molecule has 2 amide bonds. The monoisotopic (exact) mass is 414 g/mol. The van der Waals surface area contributed by atoms with E-state index in [4.69, 9.17) is 4.74 Å². The summed E-state index contributed by atoms with van der Waals surface area (Å²) in [5, 5.41) is 3.12. The number of nitrogens with zero attached hydrogens (tertiary/aromatic N) is 1. The van der Waals surface area contributed by atoms with E-state index in [0.717, 1.165) is 28.0 Å². The number of methoxy groups -OCH3 is 1. The first-order valence-electron chi connectivity index (χ1n) is 10.8. The first-order valence-corrected chi connectivity index (χ1v) is 10.8. The summed E-state index contributed by atoms with van der Waals surface area (Å²) in [7, 11) is 1.71. The van der Waals surface area contributed by atoms with Crippen molar-refractivity contribution in [3.05, 3.63) is 89.0 Å². The van der Waals surface area contributed by atoms with Gasteiger partial charge in [-0.2, -0.15) is 0 Å². The third kappa shape index (κ3) is 4.43. The van der Waals surface area contributed by atoms with Crippen molar-refractivity contribution in [2.45, 2.75) is 39.3 Å². The third-order valence-corrected chi connectivity index (χ3v) is 5.99. The second-order valence-electron chi connectivity index (χ2n) is 8.57. The van der Waals surface area contributed by atoms with Gasteiger partial charge in [-0.25, -0.2) is 4.79 Å². The molecule has 0 aliphatic carbocycles. The molecule has 0 spiro atoms. The normalized spacial score (nSPS) is 16.0. The smallest absolute Gasteiger partial charge is 0.318 e. The Labute approximate surface area is 184 Å². The molecule has 0 saturated carbocycles. The lowest BCUT2D eigenvalue weighted by atomic mass is 9.92. The van der Waals surface area contributed by atoms with Gasteiger partial charge in [-0.15, -0.1) is 0 Å². The van der Waals surface area contributed by atoms with Crippen molar-refractivity contribution in [1.29, 1.82) is 0 Å². The molecule has 1 N–H and O–H groups in total. The van der Waals surface area contributed by atoms with Crippen molar-refractivity contribution in [2.75, 3.05) is 13.7 Å². The van der Waals surface area contributed by atoms with Crippen molar-refractivity contribution in [3.8, 4) is 16.9 Å². The Kier molecular flexibility index (Phi) is 5.99. The first kappa shape index (κ1) is 21.0. The van der Waals surface area contributed by atoms with Crippen LogP contribution in [0.2, 0.25) is 0 Å². The number of amides is 2. The van der Waals surface area contributed by atoms with E-state index in [9.17, 15) is 4.79 Å². The number of carbonyl (C=O) groups is 1. The molecule has 160 valence electrons. The summed E-state index contributed by atoms with van der Waals surface area (Å²) in [4.78, 5) is 14.6. The molecule has 1 fully saturated rings. The van der Waals surface area contributed by atoms with Crippen LogP contribution in [0.25, 0.3) is 11.1 Å². The van der Waals surface area contributed by atoms with Crippen LogP contribution >= 0.6 is 0 Å². The molecule has 1 heterocycles. The molecule has 0 aromatic heterocycles. The highest BCUT2D eigenvalue weighted by molar-refractivity contribution is 5.79. The summed E-state index contributed by atoms with van der Waals surface area (Å²) in [5.41, 5.74) is 6.89. The van der Waals surface area contributed by atoms with Gasteiger partial charge in [0.05, 0.1) is 13.2 Å². The van der Waals surface area contributed by atoms with Crippen LogP contribution in [0.5, 0.6) is 5.75 Å². The minimum Gasteiger partial charge on any atom is -0.496 e. The van der Waals surface area contributed by atoms with E-state index in [1.165, 1.54) is 11.1 Å².